The molecule has 0 aromatic rings. The van der Waals surface area contributed by atoms with Crippen LogP contribution in [0.5, 0.6) is 0 Å². The van der Waals surface area contributed by atoms with Crippen LogP contribution in [-0.4, -0.2) is 5.91 Å². The first-order chi connectivity index (χ1) is 2.77. The van der Waals surface area contributed by atoms with Crippen LogP contribution in [0.25, 0.3) is 5.73 Å². The van der Waals surface area contributed by atoms with Crippen LogP contribution in [-0.2, 0) is 4.79 Å². The van der Waals surface area contributed by atoms with E-state index in [1.54, 1.807) is 0 Å². The van der Waals surface area contributed by atoms with Gasteiger partial charge >= 0.3 is 0 Å². The Hall–Kier alpha value is 0.730. The molecule has 0 aromatic carbocycles. The zero-order chi connectivity index (χ0) is 4.99. The van der Waals surface area contributed by atoms with Gasteiger partial charge in [0.25, 0.3) is 0 Å². The number of carbonyl (C=O) groups excluding carboxylic acids is 1. The first-order valence-corrected chi connectivity index (χ1v) is 2.01. The second-order valence-corrected chi connectivity index (χ2v) is 1.17. The van der Waals surface area contributed by atoms with E-state index in [1.807, 2.05) is 6.92 Å². The Morgan fingerprint density at radius 2 is 2.14 bits per heavy atom. The molecule has 0 aliphatic rings. The molecule has 47 valence electrons. The second kappa shape index (κ2) is 6.73. The normalized spacial score (nSPS) is 7.00. The van der Waals surface area contributed by atoms with Gasteiger partial charge in [0.2, 0.25) is 0 Å². The molecule has 2 nitrogen and oxygen atoms in total. The van der Waals surface area contributed by atoms with Gasteiger partial charge in [-0.25, -0.2) is 0 Å². The van der Waals surface area contributed by atoms with Crippen LogP contribution in [0.2, 0.25) is 0 Å². The van der Waals surface area contributed by atoms with Crippen LogP contribution in [0.4, 0.5) is 0 Å². The minimum absolute atomic E-state index is 0. The molecule has 0 aromatic heterocycles. The van der Waals surface area contributed by atoms with E-state index >= 15 is 0 Å². The summed E-state index contributed by atoms with van der Waals surface area (Å²) in [6, 6.07) is 0. The Morgan fingerprint density at radius 1 is 1.71 bits per heavy atom. The van der Waals surface area contributed by atoms with Crippen molar-refractivity contribution in [3.05, 3.63) is 5.73 Å². The van der Waals surface area contributed by atoms with Crippen molar-refractivity contribution in [1.82, 2.24) is 0 Å². The molecule has 1 radical (unpaired) electrons. The predicted molar refractivity (Wildman–Crippen MR) is 24.2 cm³/mol. The fourth-order valence-electron chi connectivity index (χ4n) is 0.227. The quantitative estimate of drug-likeness (QED) is 0.683. The summed E-state index contributed by atoms with van der Waals surface area (Å²) in [6.07, 6.45) is 1.20. The summed E-state index contributed by atoms with van der Waals surface area (Å²) in [7, 11) is 0. The van der Waals surface area contributed by atoms with Gasteiger partial charge in [-0.2, -0.15) is 0 Å². The summed E-state index contributed by atoms with van der Waals surface area (Å²) in [5, 5.41) is 0. The third-order valence-electron chi connectivity index (χ3n) is 0.477. The number of hydrogen-bond acceptors (Lipinski definition) is 1. The van der Waals surface area contributed by atoms with Gasteiger partial charge in [-0.15, -0.1) is 0 Å². The second-order valence-electron chi connectivity index (χ2n) is 1.17. The predicted octanol–water partition coefficient (Wildman–Crippen LogP) is 1.37. The van der Waals surface area contributed by atoms with Crippen molar-refractivity contribution in [2.75, 3.05) is 0 Å². The van der Waals surface area contributed by atoms with Crippen molar-refractivity contribution in [2.45, 2.75) is 19.8 Å². The van der Waals surface area contributed by atoms with Crippen molar-refractivity contribution < 1.29 is 42.5 Å². The monoisotopic (exact) mass is 251 g/mol. The Labute approximate surface area is 73.5 Å². The van der Waals surface area contributed by atoms with E-state index < -0.39 is 5.91 Å². The molecule has 0 aliphatic carbocycles. The summed E-state index contributed by atoms with van der Waals surface area (Å²) >= 11 is 0. The maximum atomic E-state index is 9.71. The SMILES string of the molecule is CCCC([NH-])=O.[Ho]. The standard InChI is InChI=1S/C4H9NO.Ho/c1-2-3-4(5)6;/h2-3H2,1H3,(H2,5,6);/p-1. The molecule has 0 spiro atoms. The molecule has 0 unspecified atom stereocenters. The Bertz CT molecular complexity index is 55.7. The number of rotatable bonds is 2. The number of nitrogens with one attached hydrogen (secondary N) is 1. The van der Waals surface area contributed by atoms with Gasteiger partial charge < -0.3 is 10.5 Å². The molecule has 0 heterocycles. The van der Waals surface area contributed by atoms with Gasteiger partial charge in [0.05, 0.1) is 0 Å². The Balaban J connectivity index is 0. The fourth-order valence-corrected chi connectivity index (χ4v) is 0.227. The zero-order valence-corrected chi connectivity index (χ0v) is 6.06. The smallest absolute Gasteiger partial charge is 0.0487 e. The van der Waals surface area contributed by atoms with Crippen LogP contribution in [0.3, 0.4) is 0 Å². The minimum atomic E-state index is -0.461. The number of carbonyl (C=O) groups is 1. The molecular formula is C4H8HoNO-. The van der Waals surface area contributed by atoms with Gasteiger partial charge in [0.1, 0.15) is 0 Å². The van der Waals surface area contributed by atoms with E-state index in [0.29, 0.717) is 6.42 Å². The molecular weight excluding hydrogens is 243 g/mol. The van der Waals surface area contributed by atoms with E-state index in [-0.39, 0.29) is 37.7 Å². The van der Waals surface area contributed by atoms with Crippen molar-refractivity contribution in [1.29, 1.82) is 0 Å². The topological polar surface area (TPSA) is 40.9 Å². The molecule has 0 bridgehead atoms. The van der Waals surface area contributed by atoms with Gasteiger partial charge in [-0.05, 0) is 6.42 Å². The van der Waals surface area contributed by atoms with Crippen LogP contribution in [0.15, 0.2) is 0 Å². The molecule has 3 heteroatoms. The fraction of sp³-hybridized carbons (Fsp3) is 0.750. The maximum Gasteiger partial charge on any atom is 0.0487 e. The summed E-state index contributed by atoms with van der Waals surface area (Å²) in [6.45, 7) is 1.88. The van der Waals surface area contributed by atoms with Crippen molar-refractivity contribution >= 4 is 5.91 Å². The van der Waals surface area contributed by atoms with Gasteiger partial charge in [-0.1, -0.05) is 13.3 Å². The molecule has 0 rings (SSSR count). The summed E-state index contributed by atoms with van der Waals surface area (Å²) in [5.74, 6) is -0.461. The van der Waals surface area contributed by atoms with Crippen LogP contribution in [0.1, 0.15) is 19.8 Å². The number of hydrogen-bond donors (Lipinski definition) is 0. The van der Waals surface area contributed by atoms with Crippen molar-refractivity contribution in [2.24, 2.45) is 0 Å². The maximum absolute atomic E-state index is 9.71. The molecule has 0 fully saturated rings. The molecule has 0 saturated carbocycles. The van der Waals surface area contributed by atoms with E-state index in [1.165, 1.54) is 0 Å². The largest absolute Gasteiger partial charge is 0.668 e. The van der Waals surface area contributed by atoms with Gasteiger partial charge in [-0.3, -0.25) is 0 Å². The first kappa shape index (κ1) is 10.7. The summed E-state index contributed by atoms with van der Waals surface area (Å²) < 4.78 is 0. The molecule has 1 amide bonds. The number of amides is 1. The molecule has 1 N–H and O–H groups in total. The van der Waals surface area contributed by atoms with Crippen LogP contribution < -0.4 is 0 Å². The molecule has 0 atom stereocenters. The van der Waals surface area contributed by atoms with Crippen molar-refractivity contribution in [3.63, 3.8) is 0 Å². The average molecular weight is 251 g/mol. The van der Waals surface area contributed by atoms with E-state index in [4.69, 9.17) is 5.73 Å². The third-order valence-corrected chi connectivity index (χ3v) is 0.477. The summed E-state index contributed by atoms with van der Waals surface area (Å²) in [5.41, 5.74) is 6.34. The van der Waals surface area contributed by atoms with E-state index in [9.17, 15) is 4.79 Å². The molecule has 0 saturated heterocycles. The van der Waals surface area contributed by atoms with Crippen molar-refractivity contribution in [3.8, 4) is 0 Å². The van der Waals surface area contributed by atoms with Crippen LogP contribution in [0, 0.1) is 37.7 Å². The van der Waals surface area contributed by atoms with Gasteiger partial charge in [0, 0.05) is 43.6 Å². The van der Waals surface area contributed by atoms with Gasteiger partial charge in [0.15, 0.2) is 0 Å². The third kappa shape index (κ3) is 10.8. The first-order valence-electron chi connectivity index (χ1n) is 2.01. The van der Waals surface area contributed by atoms with E-state index in [2.05, 4.69) is 0 Å². The van der Waals surface area contributed by atoms with Crippen LogP contribution >= 0.6 is 0 Å². The Morgan fingerprint density at radius 3 is 2.14 bits per heavy atom. The molecule has 7 heavy (non-hydrogen) atoms. The average Bonchev–Trinajstić information content (AvgIpc) is 1.35. The zero-order valence-electron chi connectivity index (χ0n) is 4.12. The van der Waals surface area contributed by atoms with E-state index in [0.717, 1.165) is 6.42 Å². The Kier molecular flexibility index (Phi) is 10.3. The summed E-state index contributed by atoms with van der Waals surface area (Å²) in [4.78, 5) is 9.71. The minimum Gasteiger partial charge on any atom is -0.668 e. The molecule has 0 aliphatic heterocycles.